The van der Waals surface area contributed by atoms with E-state index in [0.29, 0.717) is 31.0 Å². The van der Waals surface area contributed by atoms with Gasteiger partial charge in [0.2, 0.25) is 0 Å². The Balaban J connectivity index is 0.00000392. The number of hydrogen-bond acceptors (Lipinski definition) is 4. The fourth-order valence-electron chi connectivity index (χ4n) is 2.55. The van der Waals surface area contributed by atoms with Gasteiger partial charge in [-0.3, -0.25) is 0 Å². The van der Waals surface area contributed by atoms with Crippen LogP contribution >= 0.6 is 24.0 Å². The molecule has 1 atom stereocenters. The molecule has 0 saturated heterocycles. The number of nitrogens with zero attached hydrogens (tertiary/aromatic N) is 1. The standard InChI is InChI=1S/C21H27N3O3.HI/c1-3-22-21(23-14-13-19(25)17-7-5-4-6-8-17)24-15-16-9-11-18(12-10-16)20(26)27-2;/h4-12,19,25H,3,13-15H2,1-2H3,(H2,22,23,24);1H. The van der Waals surface area contributed by atoms with E-state index < -0.39 is 6.10 Å². The van der Waals surface area contributed by atoms with Gasteiger partial charge >= 0.3 is 5.97 Å². The summed E-state index contributed by atoms with van der Waals surface area (Å²) < 4.78 is 4.69. The number of hydrogen-bond donors (Lipinski definition) is 3. The molecule has 0 aliphatic carbocycles. The average Bonchev–Trinajstić information content (AvgIpc) is 2.72. The minimum Gasteiger partial charge on any atom is -0.465 e. The fraction of sp³-hybridized carbons (Fsp3) is 0.333. The molecule has 0 fully saturated rings. The number of aliphatic hydroxyl groups excluding tert-OH is 1. The average molecular weight is 497 g/mol. The van der Waals surface area contributed by atoms with Crippen molar-refractivity contribution in [3.8, 4) is 0 Å². The third-order valence-corrected chi connectivity index (χ3v) is 4.03. The summed E-state index contributed by atoms with van der Waals surface area (Å²) in [5.41, 5.74) is 2.42. The second-order valence-electron chi connectivity index (χ2n) is 6.03. The van der Waals surface area contributed by atoms with Gasteiger partial charge in [0.25, 0.3) is 0 Å². The number of ether oxygens (including phenoxy) is 1. The molecule has 0 saturated carbocycles. The molecule has 152 valence electrons. The summed E-state index contributed by atoms with van der Waals surface area (Å²) in [5, 5.41) is 16.6. The van der Waals surface area contributed by atoms with Crippen LogP contribution in [-0.2, 0) is 11.3 Å². The Hall–Kier alpha value is -2.13. The van der Waals surface area contributed by atoms with Crippen molar-refractivity contribution < 1.29 is 14.6 Å². The molecule has 3 N–H and O–H groups in total. The maximum Gasteiger partial charge on any atom is 0.337 e. The molecule has 0 radical (unpaired) electrons. The first kappa shape index (κ1) is 23.9. The van der Waals surface area contributed by atoms with E-state index in [-0.39, 0.29) is 29.9 Å². The number of aliphatic imine (C=N–C) groups is 1. The van der Waals surface area contributed by atoms with Crippen LogP contribution in [-0.4, -0.2) is 37.2 Å². The van der Waals surface area contributed by atoms with Gasteiger partial charge in [0.1, 0.15) is 0 Å². The number of rotatable bonds is 8. The molecule has 0 amide bonds. The van der Waals surface area contributed by atoms with Crippen LogP contribution in [0.25, 0.3) is 0 Å². The molecule has 2 aromatic rings. The van der Waals surface area contributed by atoms with Crippen LogP contribution in [0.3, 0.4) is 0 Å². The number of carbonyl (C=O) groups is 1. The van der Waals surface area contributed by atoms with Crippen molar-refractivity contribution in [2.45, 2.75) is 26.0 Å². The van der Waals surface area contributed by atoms with Gasteiger partial charge in [0.05, 0.1) is 25.3 Å². The van der Waals surface area contributed by atoms with Crippen LogP contribution < -0.4 is 10.6 Å². The Morgan fingerprint density at radius 1 is 1.11 bits per heavy atom. The monoisotopic (exact) mass is 497 g/mol. The predicted octanol–water partition coefficient (Wildman–Crippen LogP) is 3.27. The third-order valence-electron chi connectivity index (χ3n) is 4.03. The molecule has 0 spiro atoms. The number of aliphatic hydroxyl groups is 1. The van der Waals surface area contributed by atoms with Gasteiger partial charge in [0, 0.05) is 13.1 Å². The zero-order valence-corrected chi connectivity index (χ0v) is 18.6. The Labute approximate surface area is 183 Å². The highest BCUT2D eigenvalue weighted by atomic mass is 127. The van der Waals surface area contributed by atoms with Crippen molar-refractivity contribution in [1.82, 2.24) is 10.6 Å². The first-order valence-corrected chi connectivity index (χ1v) is 9.06. The molecule has 0 aromatic heterocycles. The second-order valence-corrected chi connectivity index (χ2v) is 6.03. The van der Waals surface area contributed by atoms with Crippen LogP contribution in [0.15, 0.2) is 59.6 Å². The third kappa shape index (κ3) is 7.85. The lowest BCUT2D eigenvalue weighted by Gasteiger charge is -2.14. The molecule has 0 bridgehead atoms. The molecule has 0 heterocycles. The Kier molecular flexibility index (Phi) is 11.2. The molecule has 1 unspecified atom stereocenters. The molecule has 0 aliphatic rings. The zero-order valence-electron chi connectivity index (χ0n) is 16.2. The van der Waals surface area contributed by atoms with E-state index >= 15 is 0 Å². The molecule has 6 nitrogen and oxygen atoms in total. The van der Waals surface area contributed by atoms with Crippen molar-refractivity contribution in [3.05, 3.63) is 71.3 Å². The number of esters is 1. The van der Waals surface area contributed by atoms with E-state index in [1.54, 1.807) is 12.1 Å². The maximum atomic E-state index is 11.5. The first-order chi connectivity index (χ1) is 13.1. The smallest absolute Gasteiger partial charge is 0.337 e. The van der Waals surface area contributed by atoms with E-state index in [2.05, 4.69) is 15.6 Å². The lowest BCUT2D eigenvalue weighted by molar-refractivity contribution is 0.0600. The number of benzene rings is 2. The minimum atomic E-state index is -0.507. The quantitative estimate of drug-likeness (QED) is 0.226. The highest BCUT2D eigenvalue weighted by molar-refractivity contribution is 14.0. The van der Waals surface area contributed by atoms with Crippen LogP contribution in [0.2, 0.25) is 0 Å². The van der Waals surface area contributed by atoms with Gasteiger partial charge in [-0.25, -0.2) is 9.79 Å². The number of halogens is 1. The van der Waals surface area contributed by atoms with Gasteiger partial charge in [-0.1, -0.05) is 42.5 Å². The zero-order chi connectivity index (χ0) is 19.5. The summed E-state index contributed by atoms with van der Waals surface area (Å²) in [6.45, 7) is 3.83. The van der Waals surface area contributed by atoms with Crippen LogP contribution in [0, 0.1) is 0 Å². The summed E-state index contributed by atoms with van der Waals surface area (Å²) in [4.78, 5) is 16.0. The normalized spacial score (nSPS) is 11.9. The van der Waals surface area contributed by atoms with Crippen molar-refractivity contribution in [1.29, 1.82) is 0 Å². The van der Waals surface area contributed by atoms with E-state index in [4.69, 9.17) is 4.74 Å². The molecule has 2 aromatic carbocycles. The second kappa shape index (κ2) is 13.1. The van der Waals surface area contributed by atoms with Crippen molar-refractivity contribution in [2.75, 3.05) is 20.2 Å². The number of methoxy groups -OCH3 is 1. The Bertz CT molecular complexity index is 736. The SMILES string of the molecule is CCNC(=NCc1ccc(C(=O)OC)cc1)NCCC(O)c1ccccc1.I. The summed E-state index contributed by atoms with van der Waals surface area (Å²) in [7, 11) is 1.36. The fourth-order valence-corrected chi connectivity index (χ4v) is 2.55. The summed E-state index contributed by atoms with van der Waals surface area (Å²) in [6.07, 6.45) is 0.0786. The molecule has 0 aliphatic heterocycles. The van der Waals surface area contributed by atoms with Gasteiger partial charge in [-0.2, -0.15) is 0 Å². The number of guanidine groups is 1. The minimum absolute atomic E-state index is 0. The van der Waals surface area contributed by atoms with E-state index in [1.165, 1.54) is 7.11 Å². The number of carbonyl (C=O) groups excluding carboxylic acids is 1. The molecule has 7 heteroatoms. The lowest BCUT2D eigenvalue weighted by Crippen LogP contribution is -2.38. The largest absolute Gasteiger partial charge is 0.465 e. The van der Waals surface area contributed by atoms with Gasteiger partial charge < -0.3 is 20.5 Å². The topological polar surface area (TPSA) is 83.0 Å². The number of nitrogens with one attached hydrogen (secondary N) is 2. The van der Waals surface area contributed by atoms with Crippen LogP contribution in [0.5, 0.6) is 0 Å². The van der Waals surface area contributed by atoms with Crippen molar-refractivity contribution in [2.24, 2.45) is 4.99 Å². The van der Waals surface area contributed by atoms with Crippen molar-refractivity contribution >= 4 is 35.9 Å². The highest BCUT2D eigenvalue weighted by Gasteiger charge is 2.07. The van der Waals surface area contributed by atoms with Gasteiger partial charge in [0.15, 0.2) is 5.96 Å². The van der Waals surface area contributed by atoms with Gasteiger partial charge in [-0.05, 0) is 36.6 Å². The molecule has 2 rings (SSSR count). The summed E-state index contributed by atoms with van der Waals surface area (Å²) in [6, 6.07) is 16.8. The molecular weight excluding hydrogens is 469 g/mol. The molecular formula is C21H28IN3O3. The van der Waals surface area contributed by atoms with Gasteiger partial charge in [-0.15, -0.1) is 24.0 Å². The van der Waals surface area contributed by atoms with E-state index in [0.717, 1.165) is 17.7 Å². The predicted molar refractivity (Wildman–Crippen MR) is 122 cm³/mol. The highest BCUT2D eigenvalue weighted by Crippen LogP contribution is 2.14. The molecule has 28 heavy (non-hydrogen) atoms. The van der Waals surface area contributed by atoms with Crippen LogP contribution in [0.1, 0.15) is 40.9 Å². The first-order valence-electron chi connectivity index (χ1n) is 9.06. The van der Waals surface area contributed by atoms with E-state index in [1.807, 2.05) is 49.4 Å². The maximum absolute atomic E-state index is 11.5. The lowest BCUT2D eigenvalue weighted by atomic mass is 10.1. The summed E-state index contributed by atoms with van der Waals surface area (Å²) >= 11 is 0. The van der Waals surface area contributed by atoms with Crippen LogP contribution in [0.4, 0.5) is 0 Å². The van der Waals surface area contributed by atoms with E-state index in [9.17, 15) is 9.90 Å². The van der Waals surface area contributed by atoms with Crippen molar-refractivity contribution in [3.63, 3.8) is 0 Å². The summed E-state index contributed by atoms with van der Waals surface area (Å²) in [5.74, 6) is 0.340. The Morgan fingerprint density at radius 2 is 1.79 bits per heavy atom. The Morgan fingerprint density at radius 3 is 2.39 bits per heavy atom.